The Labute approximate surface area is 98.1 Å². The van der Waals surface area contributed by atoms with Gasteiger partial charge in [0.1, 0.15) is 5.82 Å². The van der Waals surface area contributed by atoms with E-state index in [1.807, 2.05) is 0 Å². The molecule has 1 atom stereocenters. The van der Waals surface area contributed by atoms with Crippen LogP contribution in [0.4, 0.5) is 4.39 Å². The Morgan fingerprint density at radius 2 is 2.12 bits per heavy atom. The van der Waals surface area contributed by atoms with E-state index in [0.717, 1.165) is 0 Å². The molecule has 0 aliphatic heterocycles. The highest BCUT2D eigenvalue weighted by Gasteiger charge is 2.11. The monoisotopic (exact) mass is 243 g/mol. The molecule has 2 rings (SSSR count). The molecule has 0 aliphatic carbocycles. The van der Waals surface area contributed by atoms with Crippen LogP contribution in [0.2, 0.25) is 0 Å². The lowest BCUT2D eigenvalue weighted by molar-refractivity contribution is 0.473. The largest absolute Gasteiger partial charge is 0.419 e. The SMILES string of the molecule is CC(N)c1nnc(-c2cccc(F)c2)o1.Cl. The van der Waals surface area contributed by atoms with Gasteiger partial charge in [-0.2, -0.15) is 0 Å². The van der Waals surface area contributed by atoms with E-state index in [2.05, 4.69) is 10.2 Å². The highest BCUT2D eigenvalue weighted by molar-refractivity contribution is 5.85. The molecule has 2 aromatic rings. The third kappa shape index (κ3) is 2.56. The first-order chi connectivity index (χ1) is 7.16. The molecule has 86 valence electrons. The molecule has 1 aromatic carbocycles. The normalized spacial score (nSPS) is 11.9. The molecular formula is C10H11ClFN3O. The summed E-state index contributed by atoms with van der Waals surface area (Å²) in [6.45, 7) is 1.74. The summed E-state index contributed by atoms with van der Waals surface area (Å²) >= 11 is 0. The number of nitrogens with zero attached hydrogens (tertiary/aromatic N) is 2. The van der Waals surface area contributed by atoms with Crippen LogP contribution >= 0.6 is 12.4 Å². The standard InChI is InChI=1S/C10H10FN3O.ClH/c1-6(12)9-13-14-10(15-9)7-3-2-4-8(11)5-7;/h2-6H,12H2,1H3;1H. The lowest BCUT2D eigenvalue weighted by Crippen LogP contribution is -2.04. The van der Waals surface area contributed by atoms with Gasteiger partial charge in [0, 0.05) is 5.56 Å². The third-order valence-electron chi connectivity index (χ3n) is 1.90. The van der Waals surface area contributed by atoms with Crippen molar-refractivity contribution in [1.29, 1.82) is 0 Å². The maximum absolute atomic E-state index is 12.9. The average molecular weight is 244 g/mol. The maximum Gasteiger partial charge on any atom is 0.247 e. The van der Waals surface area contributed by atoms with Crippen molar-refractivity contribution in [1.82, 2.24) is 10.2 Å². The molecule has 0 aliphatic rings. The highest BCUT2D eigenvalue weighted by Crippen LogP contribution is 2.20. The van der Waals surface area contributed by atoms with E-state index < -0.39 is 0 Å². The molecule has 1 heterocycles. The fraction of sp³-hybridized carbons (Fsp3) is 0.200. The number of hydrogen-bond acceptors (Lipinski definition) is 4. The van der Waals surface area contributed by atoms with Gasteiger partial charge in [0.25, 0.3) is 0 Å². The average Bonchev–Trinajstić information content (AvgIpc) is 2.66. The molecule has 6 heteroatoms. The van der Waals surface area contributed by atoms with Crippen LogP contribution < -0.4 is 5.73 Å². The first kappa shape index (κ1) is 12.6. The van der Waals surface area contributed by atoms with Crippen LogP contribution in [0.25, 0.3) is 11.5 Å². The van der Waals surface area contributed by atoms with Crippen molar-refractivity contribution >= 4 is 12.4 Å². The quantitative estimate of drug-likeness (QED) is 0.879. The van der Waals surface area contributed by atoms with Gasteiger partial charge in [-0.05, 0) is 25.1 Å². The molecule has 1 aromatic heterocycles. The van der Waals surface area contributed by atoms with Crippen molar-refractivity contribution in [2.75, 3.05) is 0 Å². The lowest BCUT2D eigenvalue weighted by atomic mass is 10.2. The van der Waals surface area contributed by atoms with E-state index in [9.17, 15) is 4.39 Å². The van der Waals surface area contributed by atoms with E-state index >= 15 is 0 Å². The minimum absolute atomic E-state index is 0. The maximum atomic E-state index is 12.9. The molecule has 0 spiro atoms. The molecule has 2 N–H and O–H groups in total. The van der Waals surface area contributed by atoms with Crippen LogP contribution in [0.1, 0.15) is 18.9 Å². The van der Waals surface area contributed by atoms with Gasteiger partial charge in [-0.1, -0.05) is 6.07 Å². The van der Waals surface area contributed by atoms with E-state index in [1.54, 1.807) is 19.1 Å². The molecule has 0 fully saturated rings. The van der Waals surface area contributed by atoms with Crippen molar-refractivity contribution in [3.8, 4) is 11.5 Å². The van der Waals surface area contributed by atoms with Crippen LogP contribution in [0.5, 0.6) is 0 Å². The molecule has 0 bridgehead atoms. The molecule has 0 saturated carbocycles. The third-order valence-corrected chi connectivity index (χ3v) is 1.90. The summed E-state index contributed by atoms with van der Waals surface area (Å²) in [6, 6.07) is 5.65. The minimum atomic E-state index is -0.340. The number of halogens is 2. The Hall–Kier alpha value is -1.46. The zero-order chi connectivity index (χ0) is 10.8. The molecular weight excluding hydrogens is 233 g/mol. The molecule has 0 saturated heterocycles. The zero-order valence-corrected chi connectivity index (χ0v) is 9.37. The Balaban J connectivity index is 0.00000128. The van der Waals surface area contributed by atoms with Gasteiger partial charge in [0.15, 0.2) is 0 Å². The second kappa shape index (κ2) is 5.05. The first-order valence-corrected chi connectivity index (χ1v) is 4.52. The summed E-state index contributed by atoms with van der Waals surface area (Å²) in [5, 5.41) is 7.54. The van der Waals surface area contributed by atoms with Crippen molar-refractivity contribution in [2.24, 2.45) is 5.73 Å². The van der Waals surface area contributed by atoms with Crippen LogP contribution in [0.15, 0.2) is 28.7 Å². The Bertz CT molecular complexity index is 473. The summed E-state index contributed by atoms with van der Waals surface area (Å²) in [6.07, 6.45) is 0. The number of nitrogens with two attached hydrogens (primary N) is 1. The number of rotatable bonds is 2. The summed E-state index contributed by atoms with van der Waals surface area (Å²) in [7, 11) is 0. The van der Waals surface area contributed by atoms with Crippen molar-refractivity contribution < 1.29 is 8.81 Å². The predicted octanol–water partition coefficient (Wildman–Crippen LogP) is 2.32. The fourth-order valence-corrected chi connectivity index (χ4v) is 1.16. The number of hydrogen-bond donors (Lipinski definition) is 1. The van der Waals surface area contributed by atoms with Crippen LogP contribution in [-0.4, -0.2) is 10.2 Å². The van der Waals surface area contributed by atoms with E-state index in [0.29, 0.717) is 11.5 Å². The molecule has 16 heavy (non-hydrogen) atoms. The van der Waals surface area contributed by atoms with Crippen molar-refractivity contribution in [2.45, 2.75) is 13.0 Å². The second-order valence-corrected chi connectivity index (χ2v) is 3.24. The van der Waals surface area contributed by atoms with Crippen molar-refractivity contribution in [3.63, 3.8) is 0 Å². The molecule has 0 radical (unpaired) electrons. The number of benzene rings is 1. The summed E-state index contributed by atoms with van der Waals surface area (Å²) in [5.41, 5.74) is 6.12. The summed E-state index contributed by atoms with van der Waals surface area (Å²) in [5.74, 6) is 0.282. The van der Waals surface area contributed by atoms with Gasteiger partial charge >= 0.3 is 0 Å². The van der Waals surface area contributed by atoms with E-state index in [4.69, 9.17) is 10.2 Å². The summed E-state index contributed by atoms with van der Waals surface area (Å²) in [4.78, 5) is 0. The topological polar surface area (TPSA) is 64.9 Å². The molecule has 4 nitrogen and oxygen atoms in total. The lowest BCUT2D eigenvalue weighted by Gasteiger charge is -1.96. The second-order valence-electron chi connectivity index (χ2n) is 3.24. The van der Waals surface area contributed by atoms with Crippen molar-refractivity contribution in [3.05, 3.63) is 36.0 Å². The van der Waals surface area contributed by atoms with Gasteiger partial charge in [0.2, 0.25) is 11.8 Å². The Morgan fingerprint density at radius 3 is 2.69 bits per heavy atom. The fourth-order valence-electron chi connectivity index (χ4n) is 1.16. The molecule has 1 unspecified atom stereocenters. The predicted molar refractivity (Wildman–Crippen MR) is 59.5 cm³/mol. The van der Waals surface area contributed by atoms with Crippen LogP contribution in [0, 0.1) is 5.82 Å². The van der Waals surface area contributed by atoms with Gasteiger partial charge in [-0.15, -0.1) is 22.6 Å². The Morgan fingerprint density at radius 1 is 1.38 bits per heavy atom. The first-order valence-electron chi connectivity index (χ1n) is 4.52. The Kier molecular flexibility index (Phi) is 3.98. The van der Waals surface area contributed by atoms with Crippen LogP contribution in [-0.2, 0) is 0 Å². The van der Waals surface area contributed by atoms with E-state index in [-0.39, 0.29) is 30.2 Å². The smallest absolute Gasteiger partial charge is 0.247 e. The highest BCUT2D eigenvalue weighted by atomic mass is 35.5. The van der Waals surface area contributed by atoms with Gasteiger partial charge in [-0.3, -0.25) is 0 Å². The van der Waals surface area contributed by atoms with Crippen LogP contribution in [0.3, 0.4) is 0 Å². The minimum Gasteiger partial charge on any atom is -0.419 e. The van der Waals surface area contributed by atoms with Gasteiger partial charge < -0.3 is 10.2 Å². The van der Waals surface area contributed by atoms with Gasteiger partial charge in [-0.25, -0.2) is 4.39 Å². The summed E-state index contributed by atoms with van der Waals surface area (Å²) < 4.78 is 18.2. The number of aromatic nitrogens is 2. The van der Waals surface area contributed by atoms with E-state index in [1.165, 1.54) is 12.1 Å². The van der Waals surface area contributed by atoms with Gasteiger partial charge in [0.05, 0.1) is 6.04 Å². The zero-order valence-electron chi connectivity index (χ0n) is 8.55. The molecule has 0 amide bonds.